The van der Waals surface area contributed by atoms with Crippen LogP contribution in [0.4, 0.5) is 10.7 Å². The van der Waals surface area contributed by atoms with E-state index in [0.717, 1.165) is 37.0 Å². The van der Waals surface area contributed by atoms with Crippen LogP contribution in [0.2, 0.25) is 0 Å². The van der Waals surface area contributed by atoms with Crippen LogP contribution in [0.15, 0.2) is 4.99 Å². The Kier molecular flexibility index (Phi) is 4.77. The van der Waals surface area contributed by atoms with Crippen molar-refractivity contribution in [3.63, 3.8) is 0 Å². The Hall–Kier alpha value is -2.22. The summed E-state index contributed by atoms with van der Waals surface area (Å²) in [6, 6.07) is -0.586. The summed E-state index contributed by atoms with van der Waals surface area (Å²) in [6.07, 6.45) is 3.66. The third kappa shape index (κ3) is 2.77. The number of likely N-dealkylation sites (N-methyl/N-ethyl adjacent to an activating group) is 1. The topological polar surface area (TPSA) is 65.0 Å². The minimum absolute atomic E-state index is 0.161. The fraction of sp³-hybridized carbons (Fsp3) is 0.700. The number of imidazole rings is 1. The van der Waals surface area contributed by atoms with Crippen LogP contribution in [0.5, 0.6) is 0 Å². The van der Waals surface area contributed by atoms with E-state index in [4.69, 9.17) is 4.99 Å². The van der Waals surface area contributed by atoms with E-state index < -0.39 is 6.04 Å². The normalized spacial score (nSPS) is 22.8. The number of amides is 3. The van der Waals surface area contributed by atoms with Crippen LogP contribution in [-0.2, 0) is 4.79 Å². The number of aromatic nitrogens is 2. The lowest BCUT2D eigenvalue weighted by Gasteiger charge is -2.35. The first-order valence-corrected chi connectivity index (χ1v) is 10.4. The molecule has 3 aliphatic rings. The molecule has 3 aliphatic heterocycles. The van der Waals surface area contributed by atoms with Gasteiger partial charge in [0.25, 0.3) is 5.91 Å². The van der Waals surface area contributed by atoms with Gasteiger partial charge in [-0.25, -0.2) is 13.9 Å². The van der Waals surface area contributed by atoms with E-state index in [0.29, 0.717) is 12.4 Å². The predicted octanol–water partition coefficient (Wildman–Crippen LogP) is 1.94. The molecule has 152 valence electrons. The van der Waals surface area contributed by atoms with Crippen molar-refractivity contribution in [3.05, 3.63) is 11.4 Å². The maximum atomic E-state index is 13.4. The molecule has 0 spiro atoms. The first-order valence-electron chi connectivity index (χ1n) is 10.4. The second-order valence-electron chi connectivity index (χ2n) is 8.41. The van der Waals surface area contributed by atoms with Crippen LogP contribution in [0.25, 0.3) is 0 Å². The highest BCUT2D eigenvalue weighted by atomic mass is 16.2. The van der Waals surface area contributed by atoms with Crippen LogP contribution < -0.4 is 4.57 Å². The Morgan fingerprint density at radius 1 is 1.11 bits per heavy atom. The number of likely N-dealkylation sites (tertiary alicyclic amines) is 1. The highest BCUT2D eigenvalue weighted by Gasteiger charge is 2.54. The van der Waals surface area contributed by atoms with E-state index in [1.807, 2.05) is 11.5 Å². The molecule has 0 bridgehead atoms. The molecule has 3 amide bonds. The number of amidine groups is 1. The van der Waals surface area contributed by atoms with Crippen molar-refractivity contribution in [1.82, 2.24) is 19.3 Å². The Morgan fingerprint density at radius 3 is 2.43 bits per heavy atom. The maximum Gasteiger partial charge on any atom is 0.402 e. The Morgan fingerprint density at radius 2 is 1.79 bits per heavy atom. The number of fused-ring (bicyclic) bond motifs is 3. The first kappa shape index (κ1) is 19.1. The number of piperidine rings is 1. The molecule has 0 N–H and O–H groups in total. The van der Waals surface area contributed by atoms with Gasteiger partial charge in [-0.05, 0) is 53.6 Å². The number of aliphatic imine (C=N–C) groups is 1. The van der Waals surface area contributed by atoms with Crippen LogP contribution in [0, 0.1) is 13.8 Å². The van der Waals surface area contributed by atoms with E-state index in [1.54, 1.807) is 11.9 Å². The van der Waals surface area contributed by atoms with E-state index in [-0.39, 0.29) is 18.0 Å². The lowest BCUT2D eigenvalue weighted by atomic mass is 10.1. The molecule has 2 saturated heterocycles. The van der Waals surface area contributed by atoms with Gasteiger partial charge in [0.05, 0.1) is 6.04 Å². The number of imide groups is 1. The smallest absolute Gasteiger partial charge is 0.302 e. The predicted molar refractivity (Wildman–Crippen MR) is 106 cm³/mol. The molecule has 1 aromatic heterocycles. The van der Waals surface area contributed by atoms with Crippen molar-refractivity contribution in [2.75, 3.05) is 33.2 Å². The van der Waals surface area contributed by atoms with Crippen LogP contribution in [0.1, 0.15) is 56.6 Å². The summed E-state index contributed by atoms with van der Waals surface area (Å²) in [6.45, 7) is 11.6. The number of carbonyl (C=O) groups excluding carboxylic acids is 2. The largest absolute Gasteiger partial charge is 0.402 e. The zero-order valence-electron chi connectivity index (χ0n) is 17.6. The standard InChI is InChI=1S/C20H31N6O2/c1-13(2)25-14(3)15(4)26-16-17(21-19(25)26)22(5)20(28)24(18(16)27)12-11-23-9-7-6-8-10-23/h13,16H,6-12H2,1-5H3/q+1. The van der Waals surface area contributed by atoms with Gasteiger partial charge in [0.1, 0.15) is 11.4 Å². The van der Waals surface area contributed by atoms with Gasteiger partial charge in [0, 0.05) is 20.1 Å². The summed E-state index contributed by atoms with van der Waals surface area (Å²) < 4.78 is 4.15. The molecule has 8 heteroatoms. The summed E-state index contributed by atoms with van der Waals surface area (Å²) in [4.78, 5) is 36.4. The van der Waals surface area contributed by atoms with E-state index in [1.165, 1.54) is 24.2 Å². The SMILES string of the molecule is Cc1c(C)[n+]2c(n1C(C)C)N=C1C2C(=O)N(CCN2CCCCC2)C(=O)N1C. The highest BCUT2D eigenvalue weighted by Crippen LogP contribution is 2.32. The van der Waals surface area contributed by atoms with Crippen LogP contribution >= 0.6 is 0 Å². The summed E-state index contributed by atoms with van der Waals surface area (Å²) in [5, 5.41) is 0. The molecule has 0 aliphatic carbocycles. The molecule has 4 rings (SSSR count). The highest BCUT2D eigenvalue weighted by molar-refractivity contribution is 6.19. The molecule has 4 heterocycles. The molecule has 8 nitrogen and oxygen atoms in total. The Labute approximate surface area is 166 Å². The van der Waals surface area contributed by atoms with Gasteiger partial charge < -0.3 is 4.90 Å². The summed E-state index contributed by atoms with van der Waals surface area (Å²) in [7, 11) is 1.73. The van der Waals surface area contributed by atoms with E-state index in [9.17, 15) is 9.59 Å². The number of hydrogen-bond donors (Lipinski definition) is 0. The van der Waals surface area contributed by atoms with E-state index >= 15 is 0 Å². The van der Waals surface area contributed by atoms with Gasteiger partial charge in [-0.1, -0.05) is 11.4 Å². The minimum atomic E-state index is -0.544. The number of urea groups is 1. The lowest BCUT2D eigenvalue weighted by Crippen LogP contribution is -2.64. The fourth-order valence-corrected chi connectivity index (χ4v) is 4.71. The zero-order valence-corrected chi connectivity index (χ0v) is 17.6. The van der Waals surface area contributed by atoms with Crippen LogP contribution in [0.3, 0.4) is 0 Å². The maximum absolute atomic E-state index is 13.4. The monoisotopic (exact) mass is 387 g/mol. The Bertz CT molecular complexity index is 849. The average Bonchev–Trinajstić information content (AvgIpc) is 3.16. The molecule has 28 heavy (non-hydrogen) atoms. The quantitative estimate of drug-likeness (QED) is 0.742. The second kappa shape index (κ2) is 6.99. The lowest BCUT2D eigenvalue weighted by molar-refractivity contribution is -0.683. The van der Waals surface area contributed by atoms with Gasteiger partial charge >= 0.3 is 12.0 Å². The third-order valence-corrected chi connectivity index (χ3v) is 6.36. The van der Waals surface area contributed by atoms with Gasteiger partial charge in [-0.3, -0.25) is 14.6 Å². The van der Waals surface area contributed by atoms with Gasteiger partial charge in [0.15, 0.2) is 0 Å². The van der Waals surface area contributed by atoms with Crippen molar-refractivity contribution in [2.45, 2.75) is 59.0 Å². The van der Waals surface area contributed by atoms with Crippen molar-refractivity contribution in [3.8, 4) is 0 Å². The summed E-state index contributed by atoms with van der Waals surface area (Å²) in [5.41, 5.74) is 2.14. The number of nitrogens with zero attached hydrogens (tertiary/aromatic N) is 6. The second-order valence-corrected chi connectivity index (χ2v) is 8.41. The molecular formula is C20H31N6O2+. The fourth-order valence-electron chi connectivity index (χ4n) is 4.71. The van der Waals surface area contributed by atoms with Crippen LogP contribution in [-0.4, -0.2) is 70.3 Å². The van der Waals surface area contributed by atoms with Crippen molar-refractivity contribution < 1.29 is 14.2 Å². The zero-order chi connectivity index (χ0) is 20.2. The molecule has 0 saturated carbocycles. The summed E-state index contributed by atoms with van der Waals surface area (Å²) in [5.74, 6) is 1.14. The molecule has 0 radical (unpaired) electrons. The molecule has 2 fully saturated rings. The van der Waals surface area contributed by atoms with Crippen molar-refractivity contribution >= 4 is 23.7 Å². The first-order chi connectivity index (χ1) is 13.3. The Balaban J connectivity index is 1.65. The minimum Gasteiger partial charge on any atom is -0.302 e. The average molecular weight is 388 g/mol. The van der Waals surface area contributed by atoms with Crippen molar-refractivity contribution in [1.29, 1.82) is 0 Å². The molecule has 1 aromatic rings. The number of rotatable bonds is 4. The summed E-state index contributed by atoms with van der Waals surface area (Å²) >= 11 is 0. The number of carbonyl (C=O) groups is 2. The van der Waals surface area contributed by atoms with Gasteiger partial charge in [-0.2, -0.15) is 0 Å². The van der Waals surface area contributed by atoms with Crippen molar-refractivity contribution in [2.24, 2.45) is 4.99 Å². The van der Waals surface area contributed by atoms with E-state index in [2.05, 4.69) is 30.2 Å². The molecule has 1 unspecified atom stereocenters. The third-order valence-electron chi connectivity index (χ3n) is 6.36. The molecular weight excluding hydrogens is 356 g/mol. The van der Waals surface area contributed by atoms with Gasteiger partial charge in [0.2, 0.25) is 11.9 Å². The number of hydrogen-bond acceptors (Lipinski definition) is 4. The molecule has 0 aromatic carbocycles. The van der Waals surface area contributed by atoms with Gasteiger partial charge in [-0.15, -0.1) is 0 Å². The molecule has 1 atom stereocenters.